The topological polar surface area (TPSA) is 185 Å². The minimum absolute atomic E-state index is 0.0476. The summed E-state index contributed by atoms with van der Waals surface area (Å²) in [6.45, 7) is 11.1. The van der Waals surface area contributed by atoms with E-state index in [0.717, 1.165) is 63.1 Å². The van der Waals surface area contributed by atoms with Crippen LogP contribution in [0.3, 0.4) is 0 Å². The lowest BCUT2D eigenvalue weighted by Crippen LogP contribution is -2.25. The molecule has 276 valence electrons. The van der Waals surface area contributed by atoms with Crippen molar-refractivity contribution in [3.8, 4) is 0 Å². The fourth-order valence-corrected chi connectivity index (χ4v) is 4.73. The van der Waals surface area contributed by atoms with Crippen LogP contribution in [0, 0.1) is 5.92 Å². The number of hydrogen-bond acceptors (Lipinski definition) is 8. The number of hydrogen-bond donors (Lipinski definition) is 5. The zero-order chi connectivity index (χ0) is 38.6. The van der Waals surface area contributed by atoms with Gasteiger partial charge in [-0.2, -0.15) is 0 Å². The van der Waals surface area contributed by atoms with Gasteiger partial charge in [0, 0.05) is 36.6 Å². The molecule has 3 atom stereocenters. The van der Waals surface area contributed by atoms with Gasteiger partial charge in [0.05, 0.1) is 6.04 Å². The van der Waals surface area contributed by atoms with Crippen LogP contribution in [0.5, 0.6) is 0 Å². The van der Waals surface area contributed by atoms with Crippen LogP contribution in [0.4, 0.5) is 0 Å². The molecule has 1 aliphatic carbocycles. The highest BCUT2D eigenvalue weighted by atomic mass is 16.3. The number of rotatable bonds is 13. The van der Waals surface area contributed by atoms with Crippen LogP contribution in [0.15, 0.2) is 85.5 Å². The number of carboxylic acid groups (broad SMARTS) is 1. The first-order valence-electron chi connectivity index (χ1n) is 16.5. The number of allylic oxidation sites excluding steroid dienone is 3. The number of carbonyl (C=O) groups excluding carboxylic acids is 5. The van der Waals surface area contributed by atoms with Crippen LogP contribution >= 0.6 is 0 Å². The Hall–Kier alpha value is -5.00. The zero-order valence-electron chi connectivity index (χ0n) is 30.3. The highest BCUT2D eigenvalue weighted by molar-refractivity contribution is 6.01. The van der Waals surface area contributed by atoms with Crippen molar-refractivity contribution in [1.82, 2.24) is 16.0 Å². The van der Waals surface area contributed by atoms with Gasteiger partial charge in [0.1, 0.15) is 12.6 Å². The van der Waals surface area contributed by atoms with Gasteiger partial charge >= 0.3 is 0 Å². The van der Waals surface area contributed by atoms with Gasteiger partial charge < -0.3 is 36.4 Å². The largest absolute Gasteiger partial charge is 0.483 e. The molecule has 2 aromatic carbocycles. The third kappa shape index (κ3) is 21.8. The van der Waals surface area contributed by atoms with Gasteiger partial charge in [-0.15, -0.1) is 0 Å². The van der Waals surface area contributed by atoms with Crippen molar-refractivity contribution in [3.05, 3.63) is 108 Å². The Balaban J connectivity index is -0.000000614. The number of aryl methyl sites for hydroxylation is 1. The number of amides is 2. The van der Waals surface area contributed by atoms with Crippen LogP contribution < -0.4 is 21.7 Å². The number of carbonyl (C=O) groups is 6. The van der Waals surface area contributed by atoms with Gasteiger partial charge in [0.25, 0.3) is 12.4 Å². The Bertz CT molecular complexity index is 1280. The molecule has 0 radical (unpaired) electrons. The van der Waals surface area contributed by atoms with Gasteiger partial charge in [-0.05, 0) is 75.4 Å². The molecule has 11 heteroatoms. The van der Waals surface area contributed by atoms with E-state index in [-0.39, 0.29) is 24.3 Å². The molecule has 0 saturated carbocycles. The molecule has 0 aromatic heterocycles. The van der Waals surface area contributed by atoms with Crippen LogP contribution in [-0.2, 0) is 25.6 Å². The van der Waals surface area contributed by atoms with Crippen LogP contribution in [0.25, 0.3) is 0 Å². The van der Waals surface area contributed by atoms with E-state index in [9.17, 15) is 24.0 Å². The maximum Gasteiger partial charge on any atom is 0.290 e. The molecule has 0 saturated heterocycles. The number of aldehydes is 3. The molecule has 6 N–H and O–H groups in total. The molecule has 2 aromatic rings. The summed E-state index contributed by atoms with van der Waals surface area (Å²) >= 11 is 0. The van der Waals surface area contributed by atoms with Crippen molar-refractivity contribution < 1.29 is 33.9 Å². The minimum atomic E-state index is -0.250. The normalized spacial score (nSPS) is 14.6. The molecule has 1 aliphatic rings. The van der Waals surface area contributed by atoms with Crippen molar-refractivity contribution in [1.29, 1.82) is 0 Å². The summed E-state index contributed by atoms with van der Waals surface area (Å²) in [5, 5.41) is 15.4. The minimum Gasteiger partial charge on any atom is -0.483 e. The van der Waals surface area contributed by atoms with Gasteiger partial charge in [0.15, 0.2) is 6.29 Å². The van der Waals surface area contributed by atoms with Crippen LogP contribution in [0.1, 0.15) is 90.3 Å². The first kappa shape index (κ1) is 49.4. The smallest absolute Gasteiger partial charge is 0.290 e. The number of nitrogens with one attached hydrogen (secondary N) is 3. The average Bonchev–Trinajstić information content (AvgIpc) is 3.17. The Morgan fingerprint density at radius 1 is 0.960 bits per heavy atom. The van der Waals surface area contributed by atoms with Crippen molar-refractivity contribution in [2.45, 2.75) is 70.9 Å². The zero-order valence-corrected chi connectivity index (χ0v) is 30.3. The molecule has 0 aliphatic heterocycles. The van der Waals surface area contributed by atoms with E-state index in [0.29, 0.717) is 29.9 Å². The monoisotopic (exact) mass is 694 g/mol. The molecule has 3 unspecified atom stereocenters. The first-order chi connectivity index (χ1) is 24.3. The fraction of sp³-hybridized carbons (Fsp3) is 0.385. The van der Waals surface area contributed by atoms with Gasteiger partial charge in [-0.3, -0.25) is 19.2 Å². The van der Waals surface area contributed by atoms with E-state index >= 15 is 0 Å². The predicted molar refractivity (Wildman–Crippen MR) is 202 cm³/mol. The Morgan fingerprint density at radius 3 is 2.10 bits per heavy atom. The molecule has 0 heterocycles. The predicted octanol–water partition coefficient (Wildman–Crippen LogP) is 5.42. The summed E-state index contributed by atoms with van der Waals surface area (Å²) in [6.07, 6.45) is 14.8. The average molecular weight is 695 g/mol. The van der Waals surface area contributed by atoms with Crippen LogP contribution in [-0.4, -0.2) is 69.9 Å². The van der Waals surface area contributed by atoms with Gasteiger partial charge in [0.2, 0.25) is 6.41 Å². The van der Waals surface area contributed by atoms with Gasteiger partial charge in [-0.25, -0.2) is 0 Å². The second kappa shape index (κ2) is 35.3. The number of nitrogens with two attached hydrogens (primary N) is 1. The van der Waals surface area contributed by atoms with E-state index in [4.69, 9.17) is 9.90 Å². The lowest BCUT2D eigenvalue weighted by Gasteiger charge is -2.24. The van der Waals surface area contributed by atoms with E-state index in [2.05, 4.69) is 47.0 Å². The molecule has 0 fully saturated rings. The maximum atomic E-state index is 11.1. The summed E-state index contributed by atoms with van der Waals surface area (Å²) in [4.78, 5) is 61.7. The lowest BCUT2D eigenvalue weighted by atomic mass is 9.85. The third-order valence-corrected chi connectivity index (χ3v) is 7.18. The summed E-state index contributed by atoms with van der Waals surface area (Å²) in [5.74, 6) is -0.114. The van der Waals surface area contributed by atoms with E-state index in [1.165, 1.54) is 25.2 Å². The standard InChI is InChI=1S/C14H17NO2.C12H19NO.C9H9NO2.C2H6.CH5N.CH2O2/c16-9-11-5-7-12-3-1-2-4-13(12)14(8-6-11)15-10-17;1-4-7-11(5-2)10-12(13-3)8-6-9-14;1-10-9(12)8-5-3-2-4-7(8)6-11;2*1-2;2-1-3/h1-4,9-11,14H,5-8H2,(H,15,17);4-5,7,9,12-13H,1-2,6,8,10H2,3H3;2-6H,1H3,(H,10,12);1-2H3;2H2,1H3;1H,(H,2,3)/b;11-7+;;;;. The quantitative estimate of drug-likeness (QED) is 0.135. The molecule has 50 heavy (non-hydrogen) atoms. The van der Waals surface area contributed by atoms with Crippen molar-refractivity contribution in [2.75, 3.05) is 21.1 Å². The molecular weight excluding hydrogens is 636 g/mol. The molecule has 0 spiro atoms. The molecule has 0 bridgehead atoms. The summed E-state index contributed by atoms with van der Waals surface area (Å²) in [5.41, 5.74) is 8.92. The summed E-state index contributed by atoms with van der Waals surface area (Å²) in [7, 11) is 4.94. The highest BCUT2D eigenvalue weighted by Crippen LogP contribution is 2.29. The lowest BCUT2D eigenvalue weighted by molar-refractivity contribution is -0.123. The second-order valence-electron chi connectivity index (χ2n) is 10.1. The molecule has 3 rings (SSSR count). The van der Waals surface area contributed by atoms with E-state index in [1.807, 2.05) is 45.2 Å². The van der Waals surface area contributed by atoms with Crippen molar-refractivity contribution >= 4 is 37.6 Å². The van der Waals surface area contributed by atoms with Crippen LogP contribution in [0.2, 0.25) is 0 Å². The SMILES string of the molecule is C=C/C=C(\C=C)CC(CCC=O)NC.CC.CN.CNC(=O)c1ccccc1C=O.O=CNC1CCC(C=O)CCc2ccccc21.O=CO. The van der Waals surface area contributed by atoms with Crippen molar-refractivity contribution in [2.24, 2.45) is 11.7 Å². The highest BCUT2D eigenvalue weighted by Gasteiger charge is 2.20. The Labute approximate surface area is 298 Å². The van der Waals surface area contributed by atoms with Crippen molar-refractivity contribution in [3.63, 3.8) is 0 Å². The molecule has 2 amide bonds. The third-order valence-electron chi connectivity index (χ3n) is 7.18. The fourth-order valence-electron chi connectivity index (χ4n) is 4.73. The summed E-state index contributed by atoms with van der Waals surface area (Å²) < 4.78 is 0. The molecule has 11 nitrogen and oxygen atoms in total. The van der Waals surface area contributed by atoms with E-state index < -0.39 is 0 Å². The Morgan fingerprint density at radius 2 is 1.58 bits per heavy atom. The summed E-state index contributed by atoms with van der Waals surface area (Å²) in [6, 6.07) is 15.2. The first-order valence-corrected chi connectivity index (χ1v) is 16.5. The molecular formula is C39H58N4O7. The van der Waals surface area contributed by atoms with Gasteiger partial charge in [-0.1, -0.05) is 87.7 Å². The second-order valence-corrected chi connectivity index (χ2v) is 10.1. The number of benzene rings is 2. The number of fused-ring (bicyclic) bond motifs is 1. The maximum absolute atomic E-state index is 11.1. The van der Waals surface area contributed by atoms with E-state index in [1.54, 1.807) is 30.3 Å². The Kier molecular flexibility index (Phi) is 34.9.